The molecule has 1 amide bonds. The van der Waals surface area contributed by atoms with Crippen LogP contribution in [-0.4, -0.2) is 35.3 Å². The summed E-state index contributed by atoms with van der Waals surface area (Å²) in [6.07, 6.45) is -0.200. The first-order chi connectivity index (χ1) is 17.7. The van der Waals surface area contributed by atoms with Gasteiger partial charge in [0.25, 0.3) is 5.91 Å². The molecule has 1 heterocycles. The molecule has 0 spiro atoms. The van der Waals surface area contributed by atoms with Crippen molar-refractivity contribution >= 4 is 58.3 Å². The smallest absolute Gasteiger partial charge is 0.307 e. The maximum atomic E-state index is 13.4. The van der Waals surface area contributed by atoms with Crippen molar-refractivity contribution in [2.45, 2.75) is 6.42 Å². The Balaban J connectivity index is 1.62. The fourth-order valence-corrected chi connectivity index (χ4v) is 4.53. The molecule has 0 unspecified atom stereocenters. The molecule has 190 valence electrons. The van der Waals surface area contributed by atoms with Gasteiger partial charge in [-0.2, -0.15) is 0 Å². The Kier molecular flexibility index (Phi) is 8.61. The number of carboxylic acids is 1. The zero-order chi connectivity index (χ0) is 26.5. The Labute approximate surface area is 231 Å². The average molecular weight is 580 g/mol. The molecular formula is C26H18Cl4N2O5. The molecule has 0 aliphatic carbocycles. The number of carboxylic acid groups (broad SMARTS) is 1. The second-order valence-corrected chi connectivity index (χ2v) is 9.44. The van der Waals surface area contributed by atoms with Crippen LogP contribution in [0.3, 0.4) is 0 Å². The van der Waals surface area contributed by atoms with Gasteiger partial charge >= 0.3 is 5.97 Å². The molecule has 0 saturated heterocycles. The van der Waals surface area contributed by atoms with Gasteiger partial charge in [0.1, 0.15) is 23.6 Å². The molecule has 11 heteroatoms. The van der Waals surface area contributed by atoms with Gasteiger partial charge in [-0.1, -0.05) is 75.8 Å². The summed E-state index contributed by atoms with van der Waals surface area (Å²) in [5.74, 6) is -0.905. The van der Waals surface area contributed by atoms with Crippen LogP contribution in [0, 0.1) is 0 Å². The van der Waals surface area contributed by atoms with Crippen LogP contribution >= 0.6 is 46.4 Å². The summed E-state index contributed by atoms with van der Waals surface area (Å²) in [5.41, 5.74) is 1.66. The fraction of sp³-hybridized carbons (Fsp3) is 0.115. The van der Waals surface area contributed by atoms with Crippen molar-refractivity contribution in [3.05, 3.63) is 91.9 Å². The Morgan fingerprint density at radius 2 is 1.70 bits per heavy atom. The zero-order valence-corrected chi connectivity index (χ0v) is 22.0. The topological polar surface area (TPSA) is 102 Å². The predicted octanol–water partition coefficient (Wildman–Crippen LogP) is 7.06. The molecule has 0 bridgehead atoms. The Morgan fingerprint density at radius 1 is 0.919 bits per heavy atom. The molecule has 7 nitrogen and oxygen atoms in total. The van der Waals surface area contributed by atoms with Crippen molar-refractivity contribution in [1.82, 2.24) is 10.5 Å². The molecule has 37 heavy (non-hydrogen) atoms. The number of benzene rings is 3. The van der Waals surface area contributed by atoms with E-state index in [0.29, 0.717) is 37.5 Å². The molecule has 0 atom stereocenters. The van der Waals surface area contributed by atoms with Crippen molar-refractivity contribution in [1.29, 1.82) is 0 Å². The average Bonchev–Trinajstić information content (AvgIpc) is 3.27. The van der Waals surface area contributed by atoms with E-state index in [1.54, 1.807) is 54.6 Å². The van der Waals surface area contributed by atoms with E-state index in [1.807, 2.05) is 0 Å². The van der Waals surface area contributed by atoms with E-state index >= 15 is 0 Å². The normalized spacial score (nSPS) is 10.8. The molecule has 4 aromatic rings. The van der Waals surface area contributed by atoms with Crippen LogP contribution in [0.5, 0.6) is 5.75 Å². The highest BCUT2D eigenvalue weighted by Crippen LogP contribution is 2.38. The molecule has 0 radical (unpaired) electrons. The summed E-state index contributed by atoms with van der Waals surface area (Å²) in [5, 5.41) is 17.4. The molecule has 4 rings (SSSR count). The van der Waals surface area contributed by atoms with Gasteiger partial charge < -0.3 is 19.7 Å². The Bertz CT molecular complexity index is 1470. The minimum atomic E-state index is -0.992. The highest BCUT2D eigenvalue weighted by atomic mass is 35.5. The van der Waals surface area contributed by atoms with Crippen LogP contribution in [0.25, 0.3) is 22.6 Å². The largest absolute Gasteiger partial charge is 0.490 e. The van der Waals surface area contributed by atoms with E-state index in [-0.39, 0.29) is 41.6 Å². The third-order valence-electron chi connectivity index (χ3n) is 5.22. The van der Waals surface area contributed by atoms with Crippen LogP contribution in [-0.2, 0) is 11.2 Å². The van der Waals surface area contributed by atoms with Crippen LogP contribution in [0.15, 0.2) is 65.2 Å². The van der Waals surface area contributed by atoms with E-state index < -0.39 is 11.9 Å². The Hall–Kier alpha value is -3.23. The zero-order valence-electron chi connectivity index (χ0n) is 18.9. The highest BCUT2D eigenvalue weighted by Gasteiger charge is 2.27. The molecule has 0 aliphatic heterocycles. The van der Waals surface area contributed by atoms with E-state index in [9.17, 15) is 9.59 Å². The maximum Gasteiger partial charge on any atom is 0.307 e. The lowest BCUT2D eigenvalue weighted by atomic mass is 10.00. The molecule has 2 N–H and O–H groups in total. The third-order valence-corrected chi connectivity index (χ3v) is 6.39. The van der Waals surface area contributed by atoms with Gasteiger partial charge in [-0.25, -0.2) is 0 Å². The van der Waals surface area contributed by atoms with Crippen LogP contribution < -0.4 is 10.1 Å². The number of nitrogens with zero attached hydrogens (tertiary/aromatic N) is 1. The number of aliphatic carboxylic acids is 1. The lowest BCUT2D eigenvalue weighted by Crippen LogP contribution is -2.28. The summed E-state index contributed by atoms with van der Waals surface area (Å²) in [6, 6.07) is 16.4. The van der Waals surface area contributed by atoms with Gasteiger partial charge in [0, 0.05) is 16.1 Å². The van der Waals surface area contributed by atoms with Crippen molar-refractivity contribution in [2.75, 3.05) is 13.2 Å². The molecule has 0 aliphatic rings. The number of hydrogen-bond donors (Lipinski definition) is 2. The SMILES string of the molecule is O=C(O)Cc1ccc(-c2noc(-c3ccccc3Cl)c2C(=O)NCCOc2ccc(Cl)cc2Cl)c(Cl)c1. The predicted molar refractivity (Wildman–Crippen MR) is 143 cm³/mol. The molecular weight excluding hydrogens is 562 g/mol. The molecule has 3 aromatic carbocycles. The highest BCUT2D eigenvalue weighted by molar-refractivity contribution is 6.35. The number of hydrogen-bond acceptors (Lipinski definition) is 5. The van der Waals surface area contributed by atoms with Crippen LogP contribution in [0.2, 0.25) is 20.1 Å². The lowest BCUT2D eigenvalue weighted by molar-refractivity contribution is -0.136. The summed E-state index contributed by atoms with van der Waals surface area (Å²) in [4.78, 5) is 24.4. The van der Waals surface area contributed by atoms with Crippen molar-refractivity contribution in [3.8, 4) is 28.3 Å². The van der Waals surface area contributed by atoms with E-state index in [0.717, 1.165) is 0 Å². The van der Waals surface area contributed by atoms with Gasteiger partial charge in [0.15, 0.2) is 5.76 Å². The van der Waals surface area contributed by atoms with Crippen molar-refractivity contribution in [2.24, 2.45) is 0 Å². The van der Waals surface area contributed by atoms with Crippen LogP contribution in [0.1, 0.15) is 15.9 Å². The monoisotopic (exact) mass is 578 g/mol. The minimum Gasteiger partial charge on any atom is -0.490 e. The Morgan fingerprint density at radius 3 is 2.41 bits per heavy atom. The van der Waals surface area contributed by atoms with Crippen molar-refractivity contribution < 1.29 is 24.0 Å². The minimum absolute atomic E-state index is 0.116. The number of nitrogens with one attached hydrogen (secondary N) is 1. The second kappa shape index (κ2) is 11.9. The maximum absolute atomic E-state index is 13.4. The number of carbonyl (C=O) groups excluding carboxylic acids is 1. The second-order valence-electron chi connectivity index (χ2n) is 7.78. The molecule has 0 fully saturated rings. The van der Waals surface area contributed by atoms with Gasteiger partial charge in [0.2, 0.25) is 0 Å². The number of amides is 1. The van der Waals surface area contributed by atoms with E-state index in [1.165, 1.54) is 6.07 Å². The first-order valence-corrected chi connectivity index (χ1v) is 12.4. The van der Waals surface area contributed by atoms with Gasteiger partial charge in [-0.3, -0.25) is 9.59 Å². The standard InChI is InChI=1S/C26H18Cl4N2O5/c27-15-6-8-21(20(30)13-15)36-10-9-31-26(35)23-24(16-7-5-14(11-19(16)29)12-22(33)34)32-37-25(23)17-3-1-2-4-18(17)28/h1-8,11,13H,9-10,12H2,(H,31,35)(H,33,34). The summed E-state index contributed by atoms with van der Waals surface area (Å²) < 4.78 is 11.2. The number of rotatable bonds is 9. The summed E-state index contributed by atoms with van der Waals surface area (Å²) >= 11 is 24.9. The lowest BCUT2D eigenvalue weighted by Gasteiger charge is -2.11. The fourth-order valence-electron chi connectivity index (χ4n) is 3.56. The van der Waals surface area contributed by atoms with Gasteiger partial charge in [0.05, 0.1) is 28.0 Å². The molecule has 1 aromatic heterocycles. The first-order valence-electron chi connectivity index (χ1n) is 10.9. The quantitative estimate of drug-likeness (QED) is 0.206. The van der Waals surface area contributed by atoms with E-state index in [4.69, 9.17) is 60.8 Å². The van der Waals surface area contributed by atoms with Gasteiger partial charge in [-0.05, 0) is 42.0 Å². The number of halogens is 4. The van der Waals surface area contributed by atoms with E-state index in [2.05, 4.69) is 10.5 Å². The first kappa shape index (κ1) is 26.8. The number of ether oxygens (including phenoxy) is 1. The number of carbonyl (C=O) groups is 2. The van der Waals surface area contributed by atoms with Gasteiger partial charge in [-0.15, -0.1) is 0 Å². The van der Waals surface area contributed by atoms with Crippen molar-refractivity contribution in [3.63, 3.8) is 0 Å². The molecule has 0 saturated carbocycles. The van der Waals surface area contributed by atoms with Crippen LogP contribution in [0.4, 0.5) is 0 Å². The summed E-state index contributed by atoms with van der Waals surface area (Å²) in [6.45, 7) is 0.259. The summed E-state index contributed by atoms with van der Waals surface area (Å²) in [7, 11) is 0. The third kappa shape index (κ3) is 6.37. The number of aromatic nitrogens is 1.